The largest absolute Gasteiger partial charge is 0.444 e. The molecule has 0 aliphatic heterocycles. The fourth-order valence-electron chi connectivity index (χ4n) is 3.71. The molecule has 1 aromatic heterocycles. The average Bonchev–Trinajstić information content (AvgIpc) is 3.32. The molecule has 0 spiro atoms. The van der Waals surface area contributed by atoms with Gasteiger partial charge in [0, 0.05) is 12.6 Å². The molecule has 37 heavy (non-hydrogen) atoms. The number of aliphatic hydroxyl groups excluding tert-OH is 2. The summed E-state index contributed by atoms with van der Waals surface area (Å²) in [5.74, 6) is 0. The summed E-state index contributed by atoms with van der Waals surface area (Å²) in [5, 5.41) is 43.8. The van der Waals surface area contributed by atoms with Crippen LogP contribution in [0.5, 0.6) is 0 Å². The molecule has 2 atom stereocenters. The number of aromatic nitrogens is 2. The van der Waals surface area contributed by atoms with E-state index in [0.717, 1.165) is 57.9 Å². The number of alkyl carbamates (subject to hydrolysis) is 1. The van der Waals surface area contributed by atoms with Crippen LogP contribution in [0.4, 0.5) is 16.2 Å². The van der Waals surface area contributed by atoms with E-state index in [-0.39, 0.29) is 11.2 Å². The molecule has 0 radical (unpaired) electrons. The van der Waals surface area contributed by atoms with Gasteiger partial charge in [-0.3, -0.25) is 10.1 Å². The van der Waals surface area contributed by atoms with Crippen LogP contribution in [0.25, 0.3) is 11.0 Å². The van der Waals surface area contributed by atoms with Gasteiger partial charge in [-0.25, -0.2) is 9.42 Å². The van der Waals surface area contributed by atoms with Crippen molar-refractivity contribution in [3.05, 3.63) is 34.4 Å². The number of anilines is 1. The number of non-ortho nitro benzene ring substituents is 1. The highest BCUT2D eigenvalue weighted by atomic mass is 16.6. The number of fused-ring (bicyclic) bond motifs is 1. The molecule has 206 valence electrons. The molecule has 0 fully saturated rings. The van der Waals surface area contributed by atoms with E-state index in [1.54, 1.807) is 32.9 Å². The lowest BCUT2D eigenvalue weighted by atomic mass is 10.1. The molecular weight excluding hydrogens is 482 g/mol. The summed E-state index contributed by atoms with van der Waals surface area (Å²) in [7, 11) is 0. The smallest absolute Gasteiger partial charge is 0.408 e. The van der Waals surface area contributed by atoms with Crippen LogP contribution in [0.15, 0.2) is 28.9 Å². The Bertz CT molecular complexity index is 1020. The molecule has 1 aromatic carbocycles. The maximum atomic E-state index is 11.8. The molecule has 12 nitrogen and oxygen atoms in total. The normalized spacial score (nSPS) is 13.5. The first-order valence-corrected chi connectivity index (χ1v) is 12.7. The summed E-state index contributed by atoms with van der Waals surface area (Å²) in [5.41, 5.74) is 0.399. The number of ether oxygens (including phenoxy) is 1. The summed E-state index contributed by atoms with van der Waals surface area (Å²) in [6.45, 7) is 5.56. The lowest BCUT2D eigenvalue weighted by Gasteiger charge is -2.24. The number of carbonyl (C=O) groups is 1. The number of nitro groups is 1. The van der Waals surface area contributed by atoms with Gasteiger partial charge in [0.05, 0.1) is 29.4 Å². The Balaban J connectivity index is 1.53. The fourth-order valence-corrected chi connectivity index (χ4v) is 3.71. The summed E-state index contributed by atoms with van der Waals surface area (Å²) in [4.78, 5) is 22.4. The zero-order valence-corrected chi connectivity index (χ0v) is 21.8. The van der Waals surface area contributed by atoms with Crippen LogP contribution in [-0.4, -0.2) is 62.4 Å². The van der Waals surface area contributed by atoms with E-state index in [4.69, 9.17) is 4.74 Å². The van der Waals surface area contributed by atoms with Crippen LogP contribution in [0, 0.1) is 10.1 Å². The van der Waals surface area contributed by atoms with Crippen LogP contribution in [-0.2, 0) is 4.74 Å². The van der Waals surface area contributed by atoms with Crippen molar-refractivity contribution in [1.82, 2.24) is 15.6 Å². The number of nitrogens with zero attached hydrogens (tertiary/aromatic N) is 3. The number of nitrogens with one attached hydrogen (secondary N) is 2. The van der Waals surface area contributed by atoms with E-state index in [1.807, 2.05) is 6.08 Å². The number of unbranched alkanes of at least 4 members (excludes halogenated alkanes) is 7. The first-order chi connectivity index (χ1) is 17.6. The molecule has 2 aromatic rings. The van der Waals surface area contributed by atoms with Gasteiger partial charge in [-0.1, -0.05) is 44.3 Å². The average molecular weight is 522 g/mol. The van der Waals surface area contributed by atoms with Crippen molar-refractivity contribution in [3.8, 4) is 0 Å². The highest BCUT2D eigenvalue weighted by molar-refractivity contribution is 5.93. The number of benzene rings is 1. The lowest BCUT2D eigenvalue weighted by Crippen LogP contribution is -2.47. The molecule has 0 saturated heterocycles. The predicted molar refractivity (Wildman–Crippen MR) is 139 cm³/mol. The number of rotatable bonds is 16. The zero-order chi connectivity index (χ0) is 27.3. The minimum atomic E-state index is -0.992. The van der Waals surface area contributed by atoms with Crippen LogP contribution in [0.1, 0.15) is 72.1 Å². The number of hydrogen-bond donors (Lipinski definition) is 4. The van der Waals surface area contributed by atoms with Crippen molar-refractivity contribution in [2.24, 2.45) is 0 Å². The minimum absolute atomic E-state index is 0.127. The molecule has 4 N–H and O–H groups in total. The Morgan fingerprint density at radius 3 is 2.43 bits per heavy atom. The van der Waals surface area contributed by atoms with Crippen LogP contribution in [0.3, 0.4) is 0 Å². The van der Waals surface area contributed by atoms with Crippen molar-refractivity contribution >= 4 is 28.5 Å². The molecule has 0 bridgehead atoms. The second kappa shape index (κ2) is 15.1. The first-order valence-electron chi connectivity index (χ1n) is 12.7. The van der Waals surface area contributed by atoms with Crippen molar-refractivity contribution in [2.75, 3.05) is 18.5 Å². The fraction of sp³-hybridized carbons (Fsp3) is 0.640. The maximum absolute atomic E-state index is 11.8. The zero-order valence-electron chi connectivity index (χ0n) is 21.8. The van der Waals surface area contributed by atoms with Crippen molar-refractivity contribution < 1.29 is 29.3 Å². The summed E-state index contributed by atoms with van der Waals surface area (Å²) in [6.07, 6.45) is 10.1. The molecule has 0 aliphatic rings. The number of allylic oxidation sites excluding steroid dienone is 1. The molecule has 0 unspecified atom stereocenters. The molecule has 1 heterocycles. The van der Waals surface area contributed by atoms with Gasteiger partial charge in [0.25, 0.3) is 0 Å². The minimum Gasteiger partial charge on any atom is -0.444 e. The van der Waals surface area contributed by atoms with E-state index in [1.165, 1.54) is 6.07 Å². The molecule has 0 aliphatic carbocycles. The number of amides is 1. The Morgan fingerprint density at radius 2 is 1.78 bits per heavy atom. The molecule has 2 rings (SSSR count). The molecule has 12 heteroatoms. The van der Waals surface area contributed by atoms with Crippen molar-refractivity contribution in [1.29, 1.82) is 0 Å². The Morgan fingerprint density at radius 1 is 1.14 bits per heavy atom. The maximum Gasteiger partial charge on any atom is 0.408 e. The van der Waals surface area contributed by atoms with Crippen LogP contribution >= 0.6 is 0 Å². The topological polar surface area (TPSA) is 173 Å². The molecule has 1 amide bonds. The Kier molecular flexibility index (Phi) is 12.2. The predicted octanol–water partition coefficient (Wildman–Crippen LogP) is 4.47. The van der Waals surface area contributed by atoms with E-state index < -0.39 is 35.4 Å². The Hall–Kier alpha value is -3.25. The van der Waals surface area contributed by atoms with Crippen molar-refractivity contribution in [3.63, 3.8) is 0 Å². The van der Waals surface area contributed by atoms with Gasteiger partial charge < -0.3 is 25.6 Å². The molecule has 0 saturated carbocycles. The first kappa shape index (κ1) is 30.0. The van der Waals surface area contributed by atoms with Gasteiger partial charge in [-0.05, 0) is 56.4 Å². The standard InChI is InChI=1S/C25H39N5O7/c1-25(2,3)36-24(33)27-19(17-31)21(32)13-11-9-7-5-4-6-8-10-12-16-26-18-14-15-20(30(34)35)23-22(18)28-37-29-23/h11,13-15,19,21,26,31-32H,4-10,12,16-17H2,1-3H3,(H,27,33)/b13-11+/t19-,21+/m0/s1. The van der Waals surface area contributed by atoms with E-state index >= 15 is 0 Å². The Labute approximate surface area is 216 Å². The lowest BCUT2D eigenvalue weighted by molar-refractivity contribution is -0.383. The van der Waals surface area contributed by atoms with E-state index in [2.05, 4.69) is 25.6 Å². The quantitative estimate of drug-likeness (QED) is 0.107. The van der Waals surface area contributed by atoms with Gasteiger partial charge in [-0.15, -0.1) is 0 Å². The third-order valence-electron chi connectivity index (χ3n) is 5.60. The molecular formula is C25H39N5O7. The third kappa shape index (κ3) is 10.7. The van der Waals surface area contributed by atoms with E-state index in [9.17, 15) is 25.1 Å². The monoisotopic (exact) mass is 521 g/mol. The van der Waals surface area contributed by atoms with Gasteiger partial charge in [0.1, 0.15) is 5.60 Å². The van der Waals surface area contributed by atoms with Gasteiger partial charge in [-0.2, -0.15) is 0 Å². The van der Waals surface area contributed by atoms with Crippen LogP contribution < -0.4 is 10.6 Å². The SMILES string of the molecule is CC(C)(C)OC(=O)N[C@@H](CO)[C@H](O)/C=C/CCCCCCCCCNc1ccc([N+](=O)[O-])c2nonc12. The number of hydrogen-bond acceptors (Lipinski definition) is 10. The number of nitro benzene ring substituents is 1. The van der Waals surface area contributed by atoms with Gasteiger partial charge >= 0.3 is 11.8 Å². The number of aliphatic hydroxyl groups is 2. The summed E-state index contributed by atoms with van der Waals surface area (Å²) >= 11 is 0. The summed E-state index contributed by atoms with van der Waals surface area (Å²) in [6, 6.07) is 2.20. The highest BCUT2D eigenvalue weighted by Crippen LogP contribution is 2.28. The summed E-state index contributed by atoms with van der Waals surface area (Å²) < 4.78 is 9.81. The second-order valence-corrected chi connectivity index (χ2v) is 9.90. The second-order valence-electron chi connectivity index (χ2n) is 9.90. The third-order valence-corrected chi connectivity index (χ3v) is 5.60. The van der Waals surface area contributed by atoms with E-state index in [0.29, 0.717) is 11.2 Å². The highest BCUT2D eigenvalue weighted by Gasteiger charge is 2.22. The number of carbonyl (C=O) groups excluding carboxylic acids is 1. The van der Waals surface area contributed by atoms with Gasteiger partial charge in [0.15, 0.2) is 5.52 Å². The van der Waals surface area contributed by atoms with Gasteiger partial charge in [0.2, 0.25) is 5.52 Å². The van der Waals surface area contributed by atoms with Crippen molar-refractivity contribution in [2.45, 2.75) is 89.9 Å². The van der Waals surface area contributed by atoms with Crippen LogP contribution in [0.2, 0.25) is 0 Å².